The molecule has 0 amide bonds. The van der Waals surface area contributed by atoms with Gasteiger partial charge in [-0.15, -0.1) is 0 Å². The van der Waals surface area contributed by atoms with E-state index in [0.29, 0.717) is 17.2 Å². The number of para-hydroxylation sites is 2. The van der Waals surface area contributed by atoms with Gasteiger partial charge in [0, 0.05) is 23.2 Å². The van der Waals surface area contributed by atoms with Crippen LogP contribution in [0.2, 0.25) is 0 Å². The minimum atomic E-state index is -0.617. The zero-order valence-electron chi connectivity index (χ0n) is 17.1. The van der Waals surface area contributed by atoms with Crippen LogP contribution < -0.4 is 20.8 Å². The molecule has 0 spiro atoms. The van der Waals surface area contributed by atoms with Crippen LogP contribution in [-0.4, -0.2) is 23.2 Å². The summed E-state index contributed by atoms with van der Waals surface area (Å²) in [5, 5.41) is 10.6. The number of aromatic amines is 1. The van der Waals surface area contributed by atoms with Crippen LogP contribution in [0.5, 0.6) is 17.2 Å². The Balaban J connectivity index is 0.000000179. The summed E-state index contributed by atoms with van der Waals surface area (Å²) in [6.07, 6.45) is 0. The summed E-state index contributed by atoms with van der Waals surface area (Å²) in [7, 11) is 1.59. The van der Waals surface area contributed by atoms with Crippen LogP contribution in [-0.2, 0) is 0 Å². The van der Waals surface area contributed by atoms with E-state index in [1.807, 2.05) is 31.2 Å². The van der Waals surface area contributed by atoms with E-state index in [-0.39, 0.29) is 16.9 Å². The van der Waals surface area contributed by atoms with Crippen molar-refractivity contribution in [1.29, 1.82) is 0 Å². The molecular weight excluding hydrogens is 396 g/mol. The van der Waals surface area contributed by atoms with E-state index < -0.39 is 5.97 Å². The number of carbonyl (C=O) groups excluding carboxylic acids is 1. The number of rotatable bonds is 3. The summed E-state index contributed by atoms with van der Waals surface area (Å²) >= 11 is 0. The Morgan fingerprint density at radius 1 is 1.00 bits per heavy atom. The van der Waals surface area contributed by atoms with Gasteiger partial charge in [0.05, 0.1) is 12.6 Å². The quantitative estimate of drug-likeness (QED) is 0.263. The first-order valence-corrected chi connectivity index (χ1v) is 9.41. The molecule has 3 aromatic carbocycles. The molecule has 0 aliphatic rings. The Labute approximate surface area is 178 Å². The summed E-state index contributed by atoms with van der Waals surface area (Å²) in [6.45, 7) is 1.91. The predicted octanol–water partition coefficient (Wildman–Crippen LogP) is 4.04. The van der Waals surface area contributed by atoms with Gasteiger partial charge < -0.3 is 25.3 Å². The molecule has 0 aliphatic heterocycles. The lowest BCUT2D eigenvalue weighted by atomic mass is 10.1. The molecule has 1 heterocycles. The van der Waals surface area contributed by atoms with Crippen molar-refractivity contribution in [3.8, 4) is 17.2 Å². The average Bonchev–Trinajstić information content (AvgIpc) is 2.74. The number of aryl methyl sites for hydroxylation is 1. The van der Waals surface area contributed by atoms with Gasteiger partial charge in [-0.3, -0.25) is 4.79 Å². The van der Waals surface area contributed by atoms with Crippen LogP contribution in [0.3, 0.4) is 0 Å². The van der Waals surface area contributed by atoms with Crippen molar-refractivity contribution in [2.45, 2.75) is 6.92 Å². The number of phenols is 1. The highest BCUT2D eigenvalue weighted by Crippen LogP contribution is 2.24. The lowest BCUT2D eigenvalue weighted by Gasteiger charge is -2.06. The van der Waals surface area contributed by atoms with E-state index in [2.05, 4.69) is 4.98 Å². The number of H-pyrrole nitrogens is 1. The number of esters is 1. The van der Waals surface area contributed by atoms with E-state index in [1.165, 1.54) is 18.2 Å². The summed E-state index contributed by atoms with van der Waals surface area (Å²) in [6, 6.07) is 20.2. The van der Waals surface area contributed by atoms with Crippen LogP contribution in [0.15, 0.2) is 77.6 Å². The first-order chi connectivity index (χ1) is 14.9. The zero-order valence-corrected chi connectivity index (χ0v) is 17.1. The number of nitrogen functional groups attached to an aromatic ring is 1. The number of ether oxygens (including phenoxy) is 2. The number of fused-ring (bicyclic) bond motifs is 1. The molecule has 31 heavy (non-hydrogen) atoms. The second-order valence-electron chi connectivity index (χ2n) is 6.68. The van der Waals surface area contributed by atoms with Crippen molar-refractivity contribution in [3.05, 3.63) is 94.3 Å². The number of pyridine rings is 1. The second-order valence-corrected chi connectivity index (χ2v) is 6.68. The molecule has 7 heteroatoms. The molecule has 0 aliphatic carbocycles. The molecule has 0 atom stereocenters. The molecule has 0 fully saturated rings. The molecule has 0 bridgehead atoms. The number of aromatic nitrogens is 1. The molecule has 4 rings (SSSR count). The highest BCUT2D eigenvalue weighted by molar-refractivity contribution is 5.94. The minimum Gasteiger partial charge on any atom is -0.507 e. The third-order valence-electron chi connectivity index (χ3n) is 4.46. The first-order valence-electron chi connectivity index (χ1n) is 9.41. The van der Waals surface area contributed by atoms with Crippen molar-refractivity contribution in [3.63, 3.8) is 0 Å². The SMILES string of the molecule is COc1cccc2c(C)cc(=O)[nH]c12.Nc1ccc(C(=O)Oc2ccccc2)c(O)c1. The number of carbonyl (C=O) groups is 1. The van der Waals surface area contributed by atoms with Crippen molar-refractivity contribution < 1.29 is 19.4 Å². The fourth-order valence-electron chi connectivity index (χ4n) is 2.96. The molecule has 7 nitrogen and oxygen atoms in total. The van der Waals surface area contributed by atoms with Crippen molar-refractivity contribution >= 4 is 22.6 Å². The number of benzene rings is 3. The number of anilines is 1. The van der Waals surface area contributed by atoms with Gasteiger partial charge in [0.25, 0.3) is 0 Å². The smallest absolute Gasteiger partial charge is 0.347 e. The van der Waals surface area contributed by atoms with E-state index in [9.17, 15) is 14.7 Å². The number of methoxy groups -OCH3 is 1. The van der Waals surface area contributed by atoms with Crippen molar-refractivity contribution in [2.24, 2.45) is 0 Å². The topological polar surface area (TPSA) is 115 Å². The fraction of sp³-hybridized carbons (Fsp3) is 0.0833. The van der Waals surface area contributed by atoms with Crippen LogP contribution in [0.4, 0.5) is 5.69 Å². The lowest BCUT2D eigenvalue weighted by Crippen LogP contribution is -2.08. The summed E-state index contributed by atoms with van der Waals surface area (Å²) in [5.41, 5.74) is 7.57. The maximum atomic E-state index is 11.7. The van der Waals surface area contributed by atoms with Gasteiger partial charge in [-0.05, 0) is 42.8 Å². The maximum Gasteiger partial charge on any atom is 0.347 e. The first kappa shape index (κ1) is 21.4. The van der Waals surface area contributed by atoms with Crippen LogP contribution in [0.25, 0.3) is 10.9 Å². The number of hydrogen-bond acceptors (Lipinski definition) is 6. The summed E-state index contributed by atoms with van der Waals surface area (Å²) in [4.78, 5) is 25.8. The van der Waals surface area contributed by atoms with Gasteiger partial charge in [0.15, 0.2) is 0 Å². The van der Waals surface area contributed by atoms with Gasteiger partial charge in [-0.1, -0.05) is 30.3 Å². The van der Waals surface area contributed by atoms with Crippen molar-refractivity contribution in [1.82, 2.24) is 4.98 Å². The Bertz CT molecular complexity index is 1270. The average molecular weight is 418 g/mol. The highest BCUT2D eigenvalue weighted by atomic mass is 16.5. The summed E-state index contributed by atoms with van der Waals surface area (Å²) in [5.74, 6) is 0.316. The Morgan fingerprint density at radius 3 is 2.42 bits per heavy atom. The molecular formula is C24H22N2O5. The molecule has 4 N–H and O–H groups in total. The van der Waals surface area contributed by atoms with E-state index in [0.717, 1.165) is 16.5 Å². The van der Waals surface area contributed by atoms with E-state index in [1.54, 1.807) is 37.4 Å². The highest BCUT2D eigenvalue weighted by Gasteiger charge is 2.13. The third-order valence-corrected chi connectivity index (χ3v) is 4.46. The molecule has 1 aromatic heterocycles. The standard InChI is InChI=1S/C13H11NO3.C11H11NO2/c14-9-6-7-11(12(15)8-9)13(16)17-10-4-2-1-3-5-10;1-7-6-10(13)12-11-8(7)4-3-5-9(11)14-2/h1-8,15H,14H2;3-6H,1-2H3,(H,12,13). The third kappa shape index (κ3) is 5.22. The molecule has 0 radical (unpaired) electrons. The molecule has 0 unspecified atom stereocenters. The fourth-order valence-corrected chi connectivity index (χ4v) is 2.96. The molecule has 0 saturated heterocycles. The maximum absolute atomic E-state index is 11.7. The van der Waals surface area contributed by atoms with Crippen LogP contribution >= 0.6 is 0 Å². The lowest BCUT2D eigenvalue weighted by molar-refractivity contribution is 0.0731. The van der Waals surface area contributed by atoms with Gasteiger partial charge in [-0.25, -0.2) is 4.79 Å². The van der Waals surface area contributed by atoms with Crippen LogP contribution in [0.1, 0.15) is 15.9 Å². The van der Waals surface area contributed by atoms with Gasteiger partial charge in [-0.2, -0.15) is 0 Å². The zero-order chi connectivity index (χ0) is 22.4. The van der Waals surface area contributed by atoms with Gasteiger partial charge in [0.2, 0.25) is 5.56 Å². The Hall–Kier alpha value is -4.26. The number of nitrogens with two attached hydrogens (primary N) is 1. The number of aromatic hydroxyl groups is 1. The van der Waals surface area contributed by atoms with E-state index >= 15 is 0 Å². The van der Waals surface area contributed by atoms with Crippen molar-refractivity contribution in [2.75, 3.05) is 12.8 Å². The largest absolute Gasteiger partial charge is 0.507 e. The number of nitrogens with one attached hydrogen (secondary N) is 1. The van der Waals surface area contributed by atoms with E-state index in [4.69, 9.17) is 15.2 Å². The van der Waals surface area contributed by atoms with Gasteiger partial charge in [0.1, 0.15) is 22.8 Å². The summed E-state index contributed by atoms with van der Waals surface area (Å²) < 4.78 is 10.2. The normalized spacial score (nSPS) is 10.1. The predicted molar refractivity (Wildman–Crippen MR) is 120 cm³/mol. The second kappa shape index (κ2) is 9.49. The molecule has 4 aromatic rings. The number of hydrogen-bond donors (Lipinski definition) is 3. The molecule has 0 saturated carbocycles. The Kier molecular flexibility index (Phi) is 6.57. The van der Waals surface area contributed by atoms with Crippen LogP contribution in [0, 0.1) is 6.92 Å². The minimum absolute atomic E-state index is 0.0862. The Morgan fingerprint density at radius 2 is 1.74 bits per heavy atom. The molecule has 158 valence electrons. The van der Waals surface area contributed by atoms with Gasteiger partial charge >= 0.3 is 5.97 Å². The number of phenolic OH excluding ortho intramolecular Hbond substituents is 1. The monoisotopic (exact) mass is 418 g/mol.